The van der Waals surface area contributed by atoms with Crippen LogP contribution in [0.1, 0.15) is 29.3 Å². The van der Waals surface area contributed by atoms with Gasteiger partial charge in [-0.25, -0.2) is 4.79 Å². The summed E-state index contributed by atoms with van der Waals surface area (Å²) >= 11 is 3.41. The van der Waals surface area contributed by atoms with Crippen molar-refractivity contribution in [2.45, 2.75) is 20.0 Å². The zero-order chi connectivity index (χ0) is 24.7. The summed E-state index contributed by atoms with van der Waals surface area (Å²) < 4.78 is 12.9. The fraction of sp³-hybridized carbons (Fsp3) is 0.167. The summed E-state index contributed by atoms with van der Waals surface area (Å²) in [5, 5.41) is 11.3. The molecule has 0 spiro atoms. The van der Waals surface area contributed by atoms with Crippen molar-refractivity contribution < 1.29 is 14.4 Å². The van der Waals surface area contributed by atoms with E-state index in [1.165, 1.54) is 6.08 Å². The topological polar surface area (TPSA) is 127 Å². The van der Waals surface area contributed by atoms with Crippen molar-refractivity contribution in [2.75, 3.05) is 6.61 Å². The van der Waals surface area contributed by atoms with Gasteiger partial charge in [-0.3, -0.25) is 19.9 Å². The molecule has 0 atom stereocenters. The molecule has 0 amide bonds. The number of nitrogens with one attached hydrogen (secondary N) is 2. The van der Waals surface area contributed by atoms with Crippen molar-refractivity contribution in [3.8, 4) is 11.5 Å². The number of nitro groups is 1. The second-order valence-electron chi connectivity index (χ2n) is 7.11. The molecule has 10 heteroatoms. The quantitative estimate of drug-likeness (QED) is 0.225. The third-order valence-corrected chi connectivity index (χ3v) is 5.21. The fourth-order valence-corrected chi connectivity index (χ4v) is 3.49. The molecule has 0 bridgehead atoms. The van der Waals surface area contributed by atoms with Crippen LogP contribution in [-0.4, -0.2) is 21.5 Å². The first-order valence-electron chi connectivity index (χ1n) is 10.3. The molecular formula is C24H22BrN3O6. The Morgan fingerprint density at radius 1 is 1.12 bits per heavy atom. The standard InChI is InChI=1S/C24H22BrN3O6/c1-3-5-17-12-16(8-11-19-21(28(31)32)23(29)27-24(30)26-19)13-20(33-4-2)22(17)34-14-15-6-9-18(25)10-7-15/h3,6-13H,1,4-5,14H2,2H3,(H2,26,27,29,30)/b11-8+. The highest BCUT2D eigenvalue weighted by Gasteiger charge is 2.19. The van der Waals surface area contributed by atoms with E-state index in [0.717, 1.165) is 15.6 Å². The van der Waals surface area contributed by atoms with Crippen molar-refractivity contribution in [3.63, 3.8) is 0 Å². The number of benzene rings is 2. The molecule has 34 heavy (non-hydrogen) atoms. The van der Waals surface area contributed by atoms with Gasteiger partial charge in [-0.2, -0.15) is 0 Å². The molecule has 0 radical (unpaired) electrons. The Labute approximate surface area is 203 Å². The second-order valence-corrected chi connectivity index (χ2v) is 8.02. The molecule has 176 valence electrons. The van der Waals surface area contributed by atoms with Gasteiger partial charge in [0.25, 0.3) is 0 Å². The second kappa shape index (κ2) is 11.3. The summed E-state index contributed by atoms with van der Waals surface area (Å²) in [6.07, 6.45) is 5.06. The van der Waals surface area contributed by atoms with Gasteiger partial charge in [-0.05, 0) is 54.8 Å². The number of aromatic nitrogens is 2. The van der Waals surface area contributed by atoms with Gasteiger partial charge in [-0.1, -0.05) is 40.2 Å². The number of ether oxygens (including phenoxy) is 2. The first-order chi connectivity index (χ1) is 16.3. The molecule has 1 aromatic heterocycles. The third kappa shape index (κ3) is 6.10. The lowest BCUT2D eigenvalue weighted by Gasteiger charge is -2.17. The SMILES string of the molecule is C=CCc1cc(/C=C/c2[nH]c(=O)[nH]c(=O)c2[N+](=O)[O-])cc(OCC)c1OCc1ccc(Br)cc1. The number of allylic oxidation sites excluding steroid dienone is 1. The third-order valence-electron chi connectivity index (χ3n) is 4.69. The maximum Gasteiger partial charge on any atom is 0.357 e. The summed E-state index contributed by atoms with van der Waals surface area (Å²) in [5.41, 5.74) is -0.469. The largest absolute Gasteiger partial charge is 0.490 e. The van der Waals surface area contributed by atoms with Gasteiger partial charge in [0, 0.05) is 10.0 Å². The maximum atomic E-state index is 11.8. The maximum absolute atomic E-state index is 11.8. The molecule has 1 heterocycles. The fourth-order valence-electron chi connectivity index (χ4n) is 3.23. The molecule has 0 unspecified atom stereocenters. The van der Waals surface area contributed by atoms with Crippen molar-refractivity contribution in [1.82, 2.24) is 9.97 Å². The zero-order valence-electron chi connectivity index (χ0n) is 18.3. The van der Waals surface area contributed by atoms with Crippen LogP contribution < -0.4 is 20.7 Å². The molecule has 0 fully saturated rings. The van der Waals surface area contributed by atoms with Gasteiger partial charge in [0.2, 0.25) is 0 Å². The Morgan fingerprint density at radius 2 is 1.85 bits per heavy atom. The van der Waals surface area contributed by atoms with E-state index in [4.69, 9.17) is 9.47 Å². The van der Waals surface area contributed by atoms with Crippen molar-refractivity contribution in [2.24, 2.45) is 0 Å². The predicted molar refractivity (Wildman–Crippen MR) is 133 cm³/mol. The summed E-state index contributed by atoms with van der Waals surface area (Å²) in [7, 11) is 0. The van der Waals surface area contributed by atoms with Gasteiger partial charge < -0.3 is 14.5 Å². The average molecular weight is 528 g/mol. The molecule has 9 nitrogen and oxygen atoms in total. The predicted octanol–water partition coefficient (Wildman–Crippen LogP) is 4.61. The number of aromatic amines is 2. The van der Waals surface area contributed by atoms with Crippen LogP contribution in [0.25, 0.3) is 12.2 Å². The highest BCUT2D eigenvalue weighted by Crippen LogP contribution is 2.35. The van der Waals surface area contributed by atoms with E-state index in [2.05, 4.69) is 27.5 Å². The Morgan fingerprint density at radius 3 is 2.50 bits per heavy atom. The summed E-state index contributed by atoms with van der Waals surface area (Å²) in [4.78, 5) is 38.0. The summed E-state index contributed by atoms with van der Waals surface area (Å²) in [6.45, 7) is 6.37. The number of hydrogen-bond acceptors (Lipinski definition) is 6. The first-order valence-corrected chi connectivity index (χ1v) is 11.1. The minimum atomic E-state index is -1.08. The van der Waals surface area contributed by atoms with Crippen molar-refractivity contribution in [1.29, 1.82) is 0 Å². The number of hydrogen-bond donors (Lipinski definition) is 2. The highest BCUT2D eigenvalue weighted by molar-refractivity contribution is 9.10. The highest BCUT2D eigenvalue weighted by atomic mass is 79.9. The van der Waals surface area contributed by atoms with Crippen LogP contribution in [0.15, 0.2) is 63.1 Å². The van der Waals surface area contributed by atoms with Crippen LogP contribution in [0.2, 0.25) is 0 Å². The zero-order valence-corrected chi connectivity index (χ0v) is 19.9. The van der Waals surface area contributed by atoms with E-state index in [0.29, 0.717) is 36.7 Å². The molecule has 0 saturated carbocycles. The van der Waals surface area contributed by atoms with Gasteiger partial charge in [0.05, 0.1) is 11.5 Å². The molecular weight excluding hydrogens is 506 g/mol. The Balaban J connectivity index is 2.00. The van der Waals surface area contributed by atoms with Gasteiger partial charge in [0.15, 0.2) is 11.5 Å². The lowest BCUT2D eigenvalue weighted by molar-refractivity contribution is -0.386. The van der Waals surface area contributed by atoms with Crippen molar-refractivity contribution >= 4 is 33.8 Å². The lowest BCUT2D eigenvalue weighted by atomic mass is 10.0. The van der Waals surface area contributed by atoms with E-state index in [-0.39, 0.29) is 5.69 Å². The molecule has 0 aliphatic heterocycles. The van der Waals surface area contributed by atoms with E-state index < -0.39 is 21.9 Å². The monoisotopic (exact) mass is 527 g/mol. The Hall–Kier alpha value is -3.92. The smallest absolute Gasteiger partial charge is 0.357 e. The van der Waals surface area contributed by atoms with Gasteiger partial charge in [0.1, 0.15) is 12.3 Å². The molecule has 2 N–H and O–H groups in total. The van der Waals surface area contributed by atoms with E-state index >= 15 is 0 Å². The Kier molecular flexibility index (Phi) is 8.20. The van der Waals surface area contributed by atoms with Crippen LogP contribution in [0.5, 0.6) is 11.5 Å². The lowest BCUT2D eigenvalue weighted by Crippen LogP contribution is -2.25. The minimum Gasteiger partial charge on any atom is -0.490 e. The summed E-state index contributed by atoms with van der Waals surface area (Å²) in [6, 6.07) is 11.3. The van der Waals surface area contributed by atoms with Gasteiger partial charge in [-0.15, -0.1) is 6.58 Å². The molecule has 0 saturated heterocycles. The Bertz CT molecular complexity index is 1340. The molecule has 0 aliphatic carbocycles. The number of nitrogens with zero attached hydrogens (tertiary/aromatic N) is 1. The first kappa shape index (κ1) is 24.7. The van der Waals surface area contributed by atoms with Gasteiger partial charge >= 0.3 is 16.9 Å². The van der Waals surface area contributed by atoms with Crippen LogP contribution in [0.4, 0.5) is 5.69 Å². The van der Waals surface area contributed by atoms with E-state index in [9.17, 15) is 19.7 Å². The molecule has 3 aromatic rings. The summed E-state index contributed by atoms with van der Waals surface area (Å²) in [5.74, 6) is 1.06. The molecule has 0 aliphatic rings. The van der Waals surface area contributed by atoms with Crippen LogP contribution in [0, 0.1) is 10.1 Å². The molecule has 3 rings (SSSR count). The number of rotatable bonds is 10. The minimum absolute atomic E-state index is 0.211. The van der Waals surface area contributed by atoms with Crippen LogP contribution >= 0.6 is 15.9 Å². The average Bonchev–Trinajstić information content (AvgIpc) is 2.78. The normalized spacial score (nSPS) is 10.9. The number of halogens is 1. The van der Waals surface area contributed by atoms with E-state index in [1.54, 1.807) is 18.2 Å². The number of H-pyrrole nitrogens is 2. The molecule has 2 aromatic carbocycles. The van der Waals surface area contributed by atoms with Crippen LogP contribution in [-0.2, 0) is 13.0 Å². The van der Waals surface area contributed by atoms with E-state index in [1.807, 2.05) is 42.2 Å². The van der Waals surface area contributed by atoms with Crippen LogP contribution in [0.3, 0.4) is 0 Å². The van der Waals surface area contributed by atoms with Crippen molar-refractivity contribution in [3.05, 3.63) is 107 Å².